The van der Waals surface area contributed by atoms with Crippen LogP contribution in [0.5, 0.6) is 0 Å². The minimum Gasteiger partial charge on any atom is -0.354 e. The van der Waals surface area contributed by atoms with E-state index in [1.165, 1.54) is 44.4 Å². The minimum absolute atomic E-state index is 0.958. The van der Waals surface area contributed by atoms with Crippen molar-refractivity contribution in [3.63, 3.8) is 0 Å². The van der Waals surface area contributed by atoms with Gasteiger partial charge in [0.15, 0.2) is 0 Å². The summed E-state index contributed by atoms with van der Waals surface area (Å²) < 4.78 is 0. The van der Waals surface area contributed by atoms with Crippen LogP contribution in [0.3, 0.4) is 0 Å². The number of pyridine rings is 1. The molecule has 0 saturated carbocycles. The maximum absolute atomic E-state index is 4.19. The second-order valence-corrected chi connectivity index (χ2v) is 7.51. The van der Waals surface area contributed by atoms with E-state index < -0.39 is 0 Å². The van der Waals surface area contributed by atoms with Crippen LogP contribution in [0.1, 0.15) is 22.3 Å². The molecule has 4 rings (SSSR count). The summed E-state index contributed by atoms with van der Waals surface area (Å²) in [5.74, 6) is 0. The Morgan fingerprint density at radius 1 is 0.893 bits per heavy atom. The predicted molar refractivity (Wildman–Crippen MR) is 118 cm³/mol. The van der Waals surface area contributed by atoms with Crippen LogP contribution >= 0.6 is 0 Å². The van der Waals surface area contributed by atoms with Gasteiger partial charge in [0, 0.05) is 29.0 Å². The van der Waals surface area contributed by atoms with Crippen LogP contribution in [0, 0.1) is 13.8 Å². The summed E-state index contributed by atoms with van der Waals surface area (Å²) in [5.41, 5.74) is 9.01. The number of H-pyrrole nitrogens is 1. The van der Waals surface area contributed by atoms with Crippen molar-refractivity contribution in [2.45, 2.75) is 26.7 Å². The summed E-state index contributed by atoms with van der Waals surface area (Å²) in [5, 5.41) is 4.92. The van der Waals surface area contributed by atoms with Gasteiger partial charge in [-0.2, -0.15) is 0 Å². The van der Waals surface area contributed by atoms with E-state index in [2.05, 4.69) is 77.7 Å². The van der Waals surface area contributed by atoms with Crippen LogP contribution in [0.15, 0.2) is 67.0 Å². The molecular weight excluding hydrogens is 342 g/mol. The molecule has 0 amide bonds. The molecule has 0 saturated heterocycles. The Labute approximate surface area is 166 Å². The highest BCUT2D eigenvalue weighted by Crippen LogP contribution is 2.31. The molecule has 3 heteroatoms. The Hall–Kier alpha value is -2.91. The van der Waals surface area contributed by atoms with E-state index in [0.29, 0.717) is 0 Å². The Morgan fingerprint density at radius 3 is 2.46 bits per heavy atom. The van der Waals surface area contributed by atoms with Crippen LogP contribution in [0.4, 0.5) is 0 Å². The smallest absolute Gasteiger partial charge is 0.0498 e. The van der Waals surface area contributed by atoms with Crippen molar-refractivity contribution >= 4 is 10.9 Å². The lowest BCUT2D eigenvalue weighted by atomic mass is 9.99. The summed E-state index contributed by atoms with van der Waals surface area (Å²) in [6.07, 6.45) is 5.77. The monoisotopic (exact) mass is 369 g/mol. The number of nitrogens with one attached hydrogen (secondary N) is 2. The fourth-order valence-corrected chi connectivity index (χ4v) is 3.94. The van der Waals surface area contributed by atoms with Crippen molar-refractivity contribution in [1.29, 1.82) is 0 Å². The van der Waals surface area contributed by atoms with Crippen molar-refractivity contribution in [3.05, 3.63) is 89.2 Å². The molecule has 0 atom stereocenters. The first-order valence-electron chi connectivity index (χ1n) is 9.98. The number of nitrogens with zero attached hydrogens (tertiary/aromatic N) is 1. The zero-order chi connectivity index (χ0) is 19.3. The average Bonchev–Trinajstić information content (AvgIpc) is 3.07. The van der Waals surface area contributed by atoms with Crippen LogP contribution in [0.25, 0.3) is 22.2 Å². The molecule has 28 heavy (non-hydrogen) atoms. The molecule has 2 aromatic carbocycles. The van der Waals surface area contributed by atoms with E-state index in [1.54, 1.807) is 0 Å². The zero-order valence-corrected chi connectivity index (χ0v) is 16.6. The van der Waals surface area contributed by atoms with Crippen LogP contribution in [-0.2, 0) is 12.8 Å². The minimum atomic E-state index is 0.958. The van der Waals surface area contributed by atoms with E-state index in [4.69, 9.17) is 0 Å². The highest BCUT2D eigenvalue weighted by Gasteiger charge is 2.13. The summed E-state index contributed by atoms with van der Waals surface area (Å²) in [4.78, 5) is 7.85. The maximum atomic E-state index is 4.19. The molecule has 4 aromatic rings. The molecule has 0 fully saturated rings. The second-order valence-electron chi connectivity index (χ2n) is 7.51. The number of fused-ring (bicyclic) bond motifs is 1. The second kappa shape index (κ2) is 8.41. The molecule has 0 aliphatic carbocycles. The molecular formula is C25H27N3. The van der Waals surface area contributed by atoms with Crippen LogP contribution < -0.4 is 5.32 Å². The van der Waals surface area contributed by atoms with E-state index in [9.17, 15) is 0 Å². The highest BCUT2D eigenvalue weighted by molar-refractivity contribution is 5.91. The van der Waals surface area contributed by atoms with E-state index in [1.807, 2.05) is 18.5 Å². The Kier molecular flexibility index (Phi) is 5.54. The maximum Gasteiger partial charge on any atom is 0.0498 e. The number of para-hydroxylation sites is 1. The zero-order valence-electron chi connectivity index (χ0n) is 16.6. The quantitative estimate of drug-likeness (QED) is 0.438. The lowest BCUT2D eigenvalue weighted by Crippen LogP contribution is -2.20. The fourth-order valence-electron chi connectivity index (χ4n) is 3.94. The third-order valence-corrected chi connectivity index (χ3v) is 5.19. The number of benzene rings is 2. The molecule has 3 nitrogen and oxygen atoms in total. The van der Waals surface area contributed by atoms with E-state index in [0.717, 1.165) is 25.9 Å². The van der Waals surface area contributed by atoms with Gasteiger partial charge >= 0.3 is 0 Å². The largest absolute Gasteiger partial charge is 0.354 e. The summed E-state index contributed by atoms with van der Waals surface area (Å²) in [6.45, 7) is 6.25. The first kappa shape index (κ1) is 18.5. The van der Waals surface area contributed by atoms with Crippen molar-refractivity contribution < 1.29 is 0 Å². The first-order chi connectivity index (χ1) is 13.7. The van der Waals surface area contributed by atoms with Crippen molar-refractivity contribution in [2.24, 2.45) is 0 Å². The predicted octanol–water partition coefficient (Wildman–Crippen LogP) is 5.22. The Balaban J connectivity index is 1.52. The highest BCUT2D eigenvalue weighted by atomic mass is 14.8. The van der Waals surface area contributed by atoms with Gasteiger partial charge < -0.3 is 10.3 Å². The molecule has 0 bridgehead atoms. The average molecular weight is 370 g/mol. The van der Waals surface area contributed by atoms with Gasteiger partial charge in [-0.05, 0) is 80.7 Å². The molecule has 0 unspecified atom stereocenters. The number of hydrogen-bond acceptors (Lipinski definition) is 2. The summed E-state index contributed by atoms with van der Waals surface area (Å²) in [7, 11) is 0. The van der Waals surface area contributed by atoms with Crippen LogP contribution in [-0.4, -0.2) is 23.1 Å². The number of rotatable bonds is 7. The molecule has 2 N–H and O–H groups in total. The van der Waals surface area contributed by atoms with Gasteiger partial charge in [-0.1, -0.05) is 41.5 Å². The van der Waals surface area contributed by atoms with Crippen LogP contribution in [0.2, 0.25) is 0 Å². The van der Waals surface area contributed by atoms with E-state index >= 15 is 0 Å². The molecule has 2 aromatic heterocycles. The standard InChI is InChI=1S/C25H27N3/c1-18-14-19(2)16-21(15-18)25-23(22-7-3-4-8-24(22)28-25)10-13-26-12-9-20-6-5-11-27-17-20/h3-8,11,14-17,26,28H,9-10,12-13H2,1-2H3. The van der Waals surface area contributed by atoms with Gasteiger partial charge in [-0.3, -0.25) is 4.98 Å². The molecule has 0 spiro atoms. The number of aromatic nitrogens is 2. The normalized spacial score (nSPS) is 11.2. The van der Waals surface area contributed by atoms with Gasteiger partial charge in [0.2, 0.25) is 0 Å². The van der Waals surface area contributed by atoms with Gasteiger partial charge in [0.05, 0.1) is 0 Å². The van der Waals surface area contributed by atoms with Crippen molar-refractivity contribution in [2.75, 3.05) is 13.1 Å². The lowest BCUT2D eigenvalue weighted by molar-refractivity contribution is 0.682. The van der Waals surface area contributed by atoms with Gasteiger partial charge in [-0.15, -0.1) is 0 Å². The lowest BCUT2D eigenvalue weighted by Gasteiger charge is -2.09. The van der Waals surface area contributed by atoms with Gasteiger partial charge in [0.25, 0.3) is 0 Å². The SMILES string of the molecule is Cc1cc(C)cc(-c2[nH]c3ccccc3c2CCNCCc2cccnc2)c1. The number of aromatic amines is 1. The summed E-state index contributed by atoms with van der Waals surface area (Å²) in [6, 6.07) is 19.5. The fraction of sp³-hybridized carbons (Fsp3) is 0.240. The molecule has 0 aliphatic rings. The number of hydrogen-bond donors (Lipinski definition) is 2. The third kappa shape index (κ3) is 4.15. The molecule has 0 aliphatic heterocycles. The Bertz CT molecular complexity index is 1040. The van der Waals surface area contributed by atoms with Crippen molar-refractivity contribution in [1.82, 2.24) is 15.3 Å². The van der Waals surface area contributed by atoms with Crippen molar-refractivity contribution in [3.8, 4) is 11.3 Å². The molecule has 2 heterocycles. The van der Waals surface area contributed by atoms with Gasteiger partial charge in [0.1, 0.15) is 0 Å². The Morgan fingerprint density at radius 2 is 1.68 bits per heavy atom. The topological polar surface area (TPSA) is 40.7 Å². The first-order valence-corrected chi connectivity index (χ1v) is 9.98. The number of aryl methyl sites for hydroxylation is 2. The van der Waals surface area contributed by atoms with E-state index in [-0.39, 0.29) is 0 Å². The molecule has 0 radical (unpaired) electrons. The summed E-state index contributed by atoms with van der Waals surface area (Å²) >= 11 is 0. The van der Waals surface area contributed by atoms with Gasteiger partial charge in [-0.25, -0.2) is 0 Å². The third-order valence-electron chi connectivity index (χ3n) is 5.19. The molecule has 142 valence electrons.